The summed E-state index contributed by atoms with van der Waals surface area (Å²) in [5.74, 6) is -19.0. The van der Waals surface area contributed by atoms with Crippen LogP contribution < -0.4 is 0 Å². The fraction of sp³-hybridized carbons (Fsp3) is 1.00. The molecule has 1 nitrogen and oxygen atoms in total. The van der Waals surface area contributed by atoms with E-state index in [1.807, 2.05) is 0 Å². The summed E-state index contributed by atoms with van der Waals surface area (Å²) in [5.41, 5.74) is 0. The van der Waals surface area contributed by atoms with E-state index in [4.69, 9.17) is 15.5 Å². The largest absolute Gasteiger partial charge is 0.460 e. The molecule has 128 valence electrons. The van der Waals surface area contributed by atoms with Crippen molar-refractivity contribution in [2.75, 3.05) is 6.61 Å². The van der Waals surface area contributed by atoms with Gasteiger partial charge in [0.25, 0.3) is 7.63 Å². The lowest BCUT2D eigenvalue weighted by molar-refractivity contribution is -0.396. The molecule has 12 heteroatoms. The molecule has 0 aliphatic rings. The van der Waals surface area contributed by atoms with Gasteiger partial charge in [0.2, 0.25) is 0 Å². The molecule has 0 saturated carbocycles. The first-order valence-electron chi connectivity index (χ1n) is 5.55. The van der Waals surface area contributed by atoms with E-state index < -0.39 is 44.0 Å². The van der Waals surface area contributed by atoms with Gasteiger partial charge in [-0.2, -0.15) is 39.5 Å². The average Bonchev–Trinajstić information content (AvgIpc) is 2.24. The predicted octanol–water partition coefficient (Wildman–Crippen LogP) is 5.19. The molecule has 0 heterocycles. The maximum atomic E-state index is 13.2. The molecule has 0 rings (SSSR count). The summed E-state index contributed by atoms with van der Waals surface area (Å²) < 4.78 is 118. The van der Waals surface area contributed by atoms with E-state index in [1.54, 1.807) is 0 Å². The Balaban J connectivity index is 5.22. The van der Waals surface area contributed by atoms with E-state index >= 15 is 0 Å². The third kappa shape index (κ3) is 4.41. The Hall–Kier alpha value is -0.163. The number of hydrogen-bond acceptors (Lipinski definition) is 1. The van der Waals surface area contributed by atoms with Crippen molar-refractivity contribution in [3.63, 3.8) is 0 Å². The zero-order valence-corrected chi connectivity index (χ0v) is 12.6. The maximum Gasteiger partial charge on any atom is 0.460 e. The summed E-state index contributed by atoms with van der Waals surface area (Å²) in [7, 11) is -3.36. The van der Waals surface area contributed by atoms with Gasteiger partial charge in [-0.1, -0.05) is 0 Å². The monoisotopic (exact) mass is 370 g/mol. The predicted molar refractivity (Wildman–Crippen MR) is 59.4 cm³/mol. The van der Waals surface area contributed by atoms with Crippen LogP contribution in [-0.4, -0.2) is 38.2 Å². The van der Waals surface area contributed by atoms with Crippen LogP contribution in [0.4, 0.5) is 39.5 Å². The minimum Gasteiger partial charge on any atom is -0.403 e. The molecule has 0 saturated heterocycles. The molecule has 0 radical (unpaired) electrons. The van der Waals surface area contributed by atoms with Crippen molar-refractivity contribution in [2.45, 2.75) is 49.9 Å². The van der Waals surface area contributed by atoms with E-state index in [0.717, 1.165) is 6.55 Å². The minimum absolute atomic E-state index is 0.0348. The van der Waals surface area contributed by atoms with Crippen LogP contribution in [0.1, 0.15) is 13.3 Å². The molecule has 0 amide bonds. The maximum absolute atomic E-state index is 13.2. The highest BCUT2D eigenvalue weighted by Crippen LogP contribution is 2.54. The first kappa shape index (κ1) is 20.8. The van der Waals surface area contributed by atoms with Crippen molar-refractivity contribution in [2.24, 2.45) is 0 Å². The molecule has 0 aromatic rings. The van der Waals surface area contributed by atoms with Gasteiger partial charge in [0.05, 0.1) is 0 Å². The van der Waals surface area contributed by atoms with Crippen molar-refractivity contribution in [3.8, 4) is 0 Å². The molecule has 1 atom stereocenters. The SMILES string of the molecule is CCO[Si](C)(Cl)CCC(F)(F)C(F)(F)C(F)(F)C(F)(F)F. The summed E-state index contributed by atoms with van der Waals surface area (Å²) in [6.07, 6.45) is -8.75. The highest BCUT2D eigenvalue weighted by molar-refractivity contribution is 7.16. The van der Waals surface area contributed by atoms with Crippen LogP contribution in [-0.2, 0) is 4.43 Å². The molecular weight excluding hydrogens is 359 g/mol. The molecule has 21 heavy (non-hydrogen) atoms. The zero-order valence-electron chi connectivity index (χ0n) is 10.8. The van der Waals surface area contributed by atoms with Crippen molar-refractivity contribution >= 4 is 18.7 Å². The van der Waals surface area contributed by atoms with Gasteiger partial charge in [-0.15, -0.1) is 11.1 Å². The van der Waals surface area contributed by atoms with Crippen LogP contribution in [0.2, 0.25) is 12.6 Å². The second-order valence-corrected chi connectivity index (χ2v) is 9.78. The van der Waals surface area contributed by atoms with Gasteiger partial charge in [0, 0.05) is 13.0 Å². The van der Waals surface area contributed by atoms with E-state index in [9.17, 15) is 39.5 Å². The third-order valence-corrected chi connectivity index (χ3v) is 5.47. The van der Waals surface area contributed by atoms with Crippen LogP contribution >= 0.6 is 11.1 Å². The van der Waals surface area contributed by atoms with Crippen LogP contribution in [0.3, 0.4) is 0 Å². The van der Waals surface area contributed by atoms with Gasteiger partial charge < -0.3 is 4.43 Å². The topological polar surface area (TPSA) is 9.23 Å². The van der Waals surface area contributed by atoms with Crippen LogP contribution in [0.25, 0.3) is 0 Å². The van der Waals surface area contributed by atoms with Crippen molar-refractivity contribution in [1.82, 2.24) is 0 Å². The zero-order chi connectivity index (χ0) is 17.3. The van der Waals surface area contributed by atoms with Crippen LogP contribution in [0, 0.1) is 0 Å². The van der Waals surface area contributed by atoms with Crippen molar-refractivity contribution in [3.05, 3.63) is 0 Å². The van der Waals surface area contributed by atoms with E-state index in [-0.39, 0.29) is 6.61 Å². The summed E-state index contributed by atoms with van der Waals surface area (Å²) in [4.78, 5) is 0. The fourth-order valence-corrected chi connectivity index (χ4v) is 3.44. The molecule has 0 spiro atoms. The Kier molecular flexibility index (Phi) is 6.10. The van der Waals surface area contributed by atoms with Crippen molar-refractivity contribution < 1.29 is 43.9 Å². The first-order valence-corrected chi connectivity index (χ1v) is 9.17. The molecule has 0 aromatic heterocycles. The highest BCUT2D eigenvalue weighted by Gasteiger charge is 2.81. The van der Waals surface area contributed by atoms with Gasteiger partial charge in [0.1, 0.15) is 0 Å². The number of alkyl halides is 9. The third-order valence-electron chi connectivity index (χ3n) is 2.54. The molecule has 0 N–H and O–H groups in total. The van der Waals surface area contributed by atoms with Crippen LogP contribution in [0.15, 0.2) is 0 Å². The van der Waals surface area contributed by atoms with Gasteiger partial charge >= 0.3 is 23.9 Å². The highest BCUT2D eigenvalue weighted by atomic mass is 35.6. The Bertz CT molecular complexity index is 356. The lowest BCUT2D eigenvalue weighted by atomic mass is 10.0. The Morgan fingerprint density at radius 2 is 1.33 bits per heavy atom. The van der Waals surface area contributed by atoms with Gasteiger partial charge in [-0.3, -0.25) is 0 Å². The van der Waals surface area contributed by atoms with Gasteiger partial charge in [0.15, 0.2) is 0 Å². The smallest absolute Gasteiger partial charge is 0.403 e. The summed E-state index contributed by atoms with van der Waals surface area (Å²) in [6, 6.07) is -0.918. The number of rotatable bonds is 7. The van der Waals surface area contributed by atoms with E-state index in [0.29, 0.717) is 0 Å². The molecule has 0 aromatic carbocycles. The summed E-state index contributed by atoms with van der Waals surface area (Å²) in [6.45, 7) is 2.53. The summed E-state index contributed by atoms with van der Waals surface area (Å²) >= 11 is 5.63. The molecule has 0 aliphatic carbocycles. The lowest BCUT2D eigenvalue weighted by Gasteiger charge is -2.34. The molecular formula is C9H12ClF9OSi. The standard InChI is InChI=1S/C9H12ClF9OSi/c1-3-20-21(2,10)5-4-6(11,12)7(13,14)8(15,16)9(17,18)19/h3-5H2,1-2H3. The Labute approximate surface area is 120 Å². The first-order chi connectivity index (χ1) is 9.02. The Morgan fingerprint density at radius 1 is 0.905 bits per heavy atom. The van der Waals surface area contributed by atoms with Crippen molar-refractivity contribution in [1.29, 1.82) is 0 Å². The normalized spacial score (nSPS) is 17.7. The molecule has 1 unspecified atom stereocenters. The van der Waals surface area contributed by atoms with Gasteiger partial charge in [-0.05, 0) is 19.5 Å². The molecule has 0 bridgehead atoms. The second-order valence-electron chi connectivity index (χ2n) is 4.39. The number of hydrogen-bond donors (Lipinski definition) is 0. The number of halogens is 10. The Morgan fingerprint density at radius 3 is 1.67 bits per heavy atom. The summed E-state index contributed by atoms with van der Waals surface area (Å²) in [5, 5.41) is 0. The molecule has 0 aliphatic heterocycles. The quantitative estimate of drug-likeness (QED) is 0.340. The second kappa shape index (κ2) is 6.15. The van der Waals surface area contributed by atoms with Crippen LogP contribution in [0.5, 0.6) is 0 Å². The minimum atomic E-state index is -6.86. The molecule has 0 fully saturated rings. The fourth-order valence-electron chi connectivity index (χ4n) is 1.32. The lowest BCUT2D eigenvalue weighted by Crippen LogP contribution is -2.61. The average molecular weight is 371 g/mol. The van der Waals surface area contributed by atoms with Gasteiger partial charge in [-0.25, -0.2) is 0 Å². The van der Waals surface area contributed by atoms with E-state index in [2.05, 4.69) is 0 Å². The van der Waals surface area contributed by atoms with E-state index in [1.165, 1.54) is 6.92 Å².